The van der Waals surface area contributed by atoms with E-state index in [1.807, 2.05) is 0 Å². The molecule has 0 bridgehead atoms. The lowest BCUT2D eigenvalue weighted by molar-refractivity contribution is 0.0161. The zero-order valence-electron chi connectivity index (χ0n) is 15.1. The van der Waals surface area contributed by atoms with Gasteiger partial charge in [0.25, 0.3) is 5.91 Å². The Balaban J connectivity index is 1.54. The van der Waals surface area contributed by atoms with Gasteiger partial charge in [-0.25, -0.2) is 0 Å². The SMILES string of the molecule is CN1CCc2cc([C@@H](CNC(=O)c3ccco3)N3CCOCC3)ccc21. The van der Waals surface area contributed by atoms with Crippen molar-refractivity contribution in [3.63, 3.8) is 0 Å². The highest BCUT2D eigenvalue weighted by atomic mass is 16.5. The molecular weight excluding hydrogens is 330 g/mol. The summed E-state index contributed by atoms with van der Waals surface area (Å²) in [6.07, 6.45) is 2.60. The number of likely N-dealkylation sites (N-methyl/N-ethyl adjacent to an activating group) is 1. The minimum Gasteiger partial charge on any atom is -0.459 e. The van der Waals surface area contributed by atoms with Gasteiger partial charge in [0, 0.05) is 38.9 Å². The van der Waals surface area contributed by atoms with Crippen molar-refractivity contribution in [2.24, 2.45) is 0 Å². The van der Waals surface area contributed by atoms with Gasteiger partial charge in [0.2, 0.25) is 0 Å². The third-order valence-electron chi connectivity index (χ3n) is 5.30. The Labute approximate surface area is 153 Å². The maximum Gasteiger partial charge on any atom is 0.287 e. The second-order valence-electron chi connectivity index (χ2n) is 6.91. The molecule has 4 rings (SSSR count). The van der Waals surface area contributed by atoms with Crippen LogP contribution in [0.15, 0.2) is 41.0 Å². The summed E-state index contributed by atoms with van der Waals surface area (Å²) in [5.41, 5.74) is 3.95. The summed E-state index contributed by atoms with van der Waals surface area (Å²) < 4.78 is 10.7. The van der Waals surface area contributed by atoms with Crippen LogP contribution in [0.25, 0.3) is 0 Å². The number of benzene rings is 1. The molecule has 0 saturated carbocycles. The van der Waals surface area contributed by atoms with Gasteiger partial charge in [-0.3, -0.25) is 9.69 Å². The number of carbonyl (C=O) groups excluding carboxylic acids is 1. The van der Waals surface area contributed by atoms with Gasteiger partial charge in [-0.05, 0) is 35.7 Å². The normalized spacial score (nSPS) is 18.6. The minimum atomic E-state index is -0.172. The molecule has 2 aliphatic heterocycles. The van der Waals surface area contributed by atoms with Crippen LogP contribution in [0.3, 0.4) is 0 Å². The van der Waals surface area contributed by atoms with Gasteiger partial charge in [-0.2, -0.15) is 0 Å². The summed E-state index contributed by atoms with van der Waals surface area (Å²) in [4.78, 5) is 17.0. The van der Waals surface area contributed by atoms with Crippen LogP contribution in [-0.2, 0) is 11.2 Å². The fourth-order valence-corrected chi connectivity index (χ4v) is 3.83. The van der Waals surface area contributed by atoms with Gasteiger partial charge in [0.05, 0.1) is 25.5 Å². The fourth-order valence-electron chi connectivity index (χ4n) is 3.83. The third-order valence-corrected chi connectivity index (χ3v) is 5.30. The summed E-state index contributed by atoms with van der Waals surface area (Å²) >= 11 is 0. The molecule has 2 aliphatic rings. The molecule has 1 saturated heterocycles. The Morgan fingerprint density at radius 2 is 2.08 bits per heavy atom. The third kappa shape index (κ3) is 3.48. The number of nitrogens with zero attached hydrogens (tertiary/aromatic N) is 2. The van der Waals surface area contributed by atoms with Crippen molar-refractivity contribution in [2.45, 2.75) is 12.5 Å². The van der Waals surface area contributed by atoms with Crippen molar-refractivity contribution in [1.82, 2.24) is 10.2 Å². The Morgan fingerprint density at radius 1 is 1.23 bits per heavy atom. The maximum atomic E-state index is 12.3. The summed E-state index contributed by atoms with van der Waals surface area (Å²) in [5, 5.41) is 3.03. The molecule has 0 radical (unpaired) electrons. The highest BCUT2D eigenvalue weighted by Gasteiger charge is 2.25. The van der Waals surface area contributed by atoms with Crippen molar-refractivity contribution < 1.29 is 13.9 Å². The molecule has 1 aromatic heterocycles. The van der Waals surface area contributed by atoms with Gasteiger partial charge in [-0.15, -0.1) is 0 Å². The van der Waals surface area contributed by atoms with E-state index in [1.165, 1.54) is 23.1 Å². The molecule has 6 nitrogen and oxygen atoms in total. The molecular formula is C20H25N3O3. The first-order valence-corrected chi connectivity index (χ1v) is 9.20. The lowest BCUT2D eigenvalue weighted by Gasteiger charge is -2.35. The number of nitrogens with one attached hydrogen (secondary N) is 1. The molecule has 6 heteroatoms. The number of anilines is 1. The largest absolute Gasteiger partial charge is 0.459 e. The molecule has 1 atom stereocenters. The number of hydrogen-bond donors (Lipinski definition) is 1. The van der Waals surface area contributed by atoms with E-state index in [0.29, 0.717) is 12.3 Å². The molecule has 1 amide bonds. The number of hydrogen-bond acceptors (Lipinski definition) is 5. The maximum absolute atomic E-state index is 12.3. The first-order chi connectivity index (χ1) is 12.7. The lowest BCUT2D eigenvalue weighted by Crippen LogP contribution is -2.43. The van der Waals surface area contributed by atoms with E-state index >= 15 is 0 Å². The van der Waals surface area contributed by atoms with Crippen LogP contribution >= 0.6 is 0 Å². The molecule has 0 unspecified atom stereocenters. The predicted molar refractivity (Wildman–Crippen MR) is 99.6 cm³/mol. The lowest BCUT2D eigenvalue weighted by atomic mass is 10.0. The van der Waals surface area contributed by atoms with Gasteiger partial charge >= 0.3 is 0 Å². The van der Waals surface area contributed by atoms with Crippen LogP contribution in [0.5, 0.6) is 0 Å². The summed E-state index contributed by atoms with van der Waals surface area (Å²) in [6.45, 7) is 4.83. The summed E-state index contributed by atoms with van der Waals surface area (Å²) in [6, 6.07) is 10.3. The summed E-state index contributed by atoms with van der Waals surface area (Å²) in [5.74, 6) is 0.176. The number of rotatable bonds is 5. The molecule has 1 N–H and O–H groups in total. The van der Waals surface area contributed by atoms with Crippen molar-refractivity contribution in [2.75, 3.05) is 51.3 Å². The summed E-state index contributed by atoms with van der Waals surface area (Å²) in [7, 11) is 2.13. The van der Waals surface area contributed by atoms with Crippen LogP contribution in [0.1, 0.15) is 27.7 Å². The van der Waals surface area contributed by atoms with Crippen LogP contribution in [0.4, 0.5) is 5.69 Å². The van der Waals surface area contributed by atoms with E-state index < -0.39 is 0 Å². The fraction of sp³-hybridized carbons (Fsp3) is 0.450. The highest BCUT2D eigenvalue weighted by Crippen LogP contribution is 2.31. The zero-order chi connectivity index (χ0) is 17.9. The topological polar surface area (TPSA) is 58.0 Å². The molecule has 3 heterocycles. The predicted octanol–water partition coefficient (Wildman–Crippen LogP) is 2.08. The number of furan rings is 1. The average Bonchev–Trinajstić information content (AvgIpc) is 3.33. The van der Waals surface area contributed by atoms with Gasteiger partial charge in [0.15, 0.2) is 5.76 Å². The number of amides is 1. The number of carbonyl (C=O) groups is 1. The number of morpholine rings is 1. The van der Waals surface area contributed by atoms with E-state index in [9.17, 15) is 4.79 Å². The van der Waals surface area contributed by atoms with Crippen LogP contribution in [0.2, 0.25) is 0 Å². The van der Waals surface area contributed by atoms with Crippen molar-refractivity contribution in [3.8, 4) is 0 Å². The Kier molecular flexibility index (Phi) is 4.95. The molecule has 1 aromatic carbocycles. The molecule has 0 spiro atoms. The molecule has 1 fully saturated rings. The molecule has 138 valence electrons. The average molecular weight is 355 g/mol. The van der Waals surface area contributed by atoms with Crippen molar-refractivity contribution in [3.05, 3.63) is 53.5 Å². The first-order valence-electron chi connectivity index (χ1n) is 9.20. The van der Waals surface area contributed by atoms with Crippen molar-refractivity contribution in [1.29, 1.82) is 0 Å². The first kappa shape index (κ1) is 17.1. The van der Waals surface area contributed by atoms with Crippen LogP contribution in [0, 0.1) is 0 Å². The van der Waals surface area contributed by atoms with Gasteiger partial charge in [-0.1, -0.05) is 12.1 Å². The van der Waals surface area contributed by atoms with E-state index in [-0.39, 0.29) is 11.9 Å². The standard InChI is InChI=1S/C20H25N3O3/c1-22-7-6-16-13-15(4-5-17(16)22)18(23-8-11-25-12-9-23)14-21-20(24)19-3-2-10-26-19/h2-5,10,13,18H,6-9,11-12,14H2,1H3,(H,21,24)/t18-/m1/s1. The van der Waals surface area contributed by atoms with E-state index in [2.05, 4.69) is 40.4 Å². The zero-order valence-corrected chi connectivity index (χ0v) is 15.1. The minimum absolute atomic E-state index is 0.133. The van der Waals surface area contributed by atoms with E-state index in [4.69, 9.17) is 9.15 Å². The molecule has 2 aromatic rings. The van der Waals surface area contributed by atoms with Crippen molar-refractivity contribution >= 4 is 11.6 Å². The molecule has 0 aliphatic carbocycles. The number of fused-ring (bicyclic) bond motifs is 1. The second kappa shape index (κ2) is 7.51. The Hall–Kier alpha value is -2.31. The quantitative estimate of drug-likeness (QED) is 0.890. The van der Waals surface area contributed by atoms with Gasteiger partial charge in [0.1, 0.15) is 0 Å². The van der Waals surface area contributed by atoms with Crippen LogP contribution in [-0.4, -0.2) is 57.2 Å². The van der Waals surface area contributed by atoms with E-state index in [0.717, 1.165) is 39.3 Å². The van der Waals surface area contributed by atoms with E-state index in [1.54, 1.807) is 12.1 Å². The number of ether oxygens (including phenoxy) is 1. The van der Waals surface area contributed by atoms with Gasteiger partial charge < -0.3 is 19.4 Å². The molecule has 26 heavy (non-hydrogen) atoms. The Bertz CT molecular complexity index is 754. The Morgan fingerprint density at radius 3 is 2.85 bits per heavy atom. The monoisotopic (exact) mass is 355 g/mol. The smallest absolute Gasteiger partial charge is 0.287 e. The highest BCUT2D eigenvalue weighted by molar-refractivity contribution is 5.91. The van der Waals surface area contributed by atoms with Crippen LogP contribution < -0.4 is 10.2 Å². The second-order valence-corrected chi connectivity index (χ2v) is 6.91.